The highest BCUT2D eigenvalue weighted by Gasteiger charge is 2.28. The first kappa shape index (κ1) is 18.5. The molecule has 0 aliphatic carbocycles. The van der Waals surface area contributed by atoms with Crippen molar-refractivity contribution in [1.29, 1.82) is 0 Å². The lowest BCUT2D eigenvalue weighted by Gasteiger charge is -2.33. The highest BCUT2D eigenvalue weighted by molar-refractivity contribution is 5.67. The van der Waals surface area contributed by atoms with Gasteiger partial charge in [0.2, 0.25) is 0 Å². The second-order valence-electron chi connectivity index (χ2n) is 8.01. The first-order valence-corrected chi connectivity index (χ1v) is 10.5. The quantitative estimate of drug-likeness (QED) is 0.739. The van der Waals surface area contributed by atoms with Crippen molar-refractivity contribution >= 4 is 0 Å². The van der Waals surface area contributed by atoms with Crippen LogP contribution < -0.4 is 5.32 Å². The number of nitrogens with zero attached hydrogens (tertiary/aromatic N) is 4. The van der Waals surface area contributed by atoms with E-state index in [1.54, 1.807) is 6.07 Å². The van der Waals surface area contributed by atoms with Crippen LogP contribution in [0.25, 0.3) is 11.1 Å². The highest BCUT2D eigenvalue weighted by Crippen LogP contribution is 2.31. The summed E-state index contributed by atoms with van der Waals surface area (Å²) in [5, 5.41) is 12.3. The lowest BCUT2D eigenvalue weighted by molar-refractivity contribution is 0.194. The van der Waals surface area contributed by atoms with Gasteiger partial charge < -0.3 is 9.88 Å². The molecule has 2 aliphatic rings. The summed E-state index contributed by atoms with van der Waals surface area (Å²) in [5.41, 5.74) is 2.83. The number of hydrogen-bond donors (Lipinski definition) is 1. The predicted molar refractivity (Wildman–Crippen MR) is 111 cm³/mol. The summed E-state index contributed by atoms with van der Waals surface area (Å²) in [7, 11) is 0. The molecule has 150 valence electrons. The Kier molecular flexibility index (Phi) is 5.12. The van der Waals surface area contributed by atoms with Crippen molar-refractivity contribution < 1.29 is 4.39 Å². The molecule has 0 bridgehead atoms. The molecule has 0 unspecified atom stereocenters. The third-order valence-electron chi connectivity index (χ3n) is 6.10. The number of rotatable bonds is 4. The number of benzene rings is 2. The second-order valence-corrected chi connectivity index (χ2v) is 8.01. The Morgan fingerprint density at radius 1 is 1.00 bits per heavy atom. The van der Waals surface area contributed by atoms with Gasteiger partial charge in [-0.15, -0.1) is 10.2 Å². The van der Waals surface area contributed by atoms with Crippen molar-refractivity contribution in [2.75, 3.05) is 19.6 Å². The van der Waals surface area contributed by atoms with Crippen LogP contribution in [0.1, 0.15) is 36.0 Å². The molecule has 1 atom stereocenters. The maximum atomic E-state index is 14.4. The van der Waals surface area contributed by atoms with Gasteiger partial charge in [0.25, 0.3) is 0 Å². The van der Waals surface area contributed by atoms with Gasteiger partial charge >= 0.3 is 0 Å². The molecular weight excluding hydrogens is 365 g/mol. The van der Waals surface area contributed by atoms with E-state index in [-0.39, 0.29) is 5.82 Å². The van der Waals surface area contributed by atoms with Gasteiger partial charge in [-0.05, 0) is 36.6 Å². The maximum absolute atomic E-state index is 14.4. The molecule has 1 saturated heterocycles. The van der Waals surface area contributed by atoms with Gasteiger partial charge in [-0.25, -0.2) is 4.39 Å². The molecule has 0 saturated carbocycles. The van der Waals surface area contributed by atoms with Crippen LogP contribution in [0.15, 0.2) is 48.5 Å². The molecule has 0 radical (unpaired) electrons. The number of nitrogens with one attached hydrogen (secondary N) is 1. The maximum Gasteiger partial charge on any atom is 0.147 e. The summed E-state index contributed by atoms with van der Waals surface area (Å²) in [6.45, 7) is 5.58. The number of likely N-dealkylation sites (tertiary alicyclic amines) is 1. The second kappa shape index (κ2) is 8.05. The number of aromatic nitrogens is 3. The van der Waals surface area contributed by atoms with Crippen molar-refractivity contribution in [2.45, 2.75) is 38.4 Å². The van der Waals surface area contributed by atoms with Gasteiger partial charge in [0, 0.05) is 37.7 Å². The summed E-state index contributed by atoms with van der Waals surface area (Å²) >= 11 is 0. The van der Waals surface area contributed by atoms with E-state index in [0.717, 1.165) is 69.3 Å². The molecule has 0 spiro atoms. The fourth-order valence-electron chi connectivity index (χ4n) is 4.67. The van der Waals surface area contributed by atoms with Gasteiger partial charge in [-0.1, -0.05) is 42.5 Å². The topological polar surface area (TPSA) is 46.0 Å². The van der Waals surface area contributed by atoms with Crippen LogP contribution in [0.2, 0.25) is 0 Å². The first-order valence-electron chi connectivity index (χ1n) is 10.5. The third kappa shape index (κ3) is 3.70. The Morgan fingerprint density at radius 2 is 1.83 bits per heavy atom. The van der Waals surface area contributed by atoms with E-state index in [0.29, 0.717) is 11.5 Å². The normalized spacial score (nSPS) is 19.8. The van der Waals surface area contributed by atoms with Crippen LogP contribution in [0, 0.1) is 5.82 Å². The van der Waals surface area contributed by atoms with Crippen LogP contribution in [-0.4, -0.2) is 39.3 Å². The van der Waals surface area contributed by atoms with Crippen molar-refractivity contribution in [3.8, 4) is 11.1 Å². The molecule has 0 amide bonds. The fourth-order valence-corrected chi connectivity index (χ4v) is 4.67. The van der Waals surface area contributed by atoms with Crippen molar-refractivity contribution in [3.05, 3.63) is 71.6 Å². The highest BCUT2D eigenvalue weighted by atomic mass is 19.1. The van der Waals surface area contributed by atoms with Gasteiger partial charge in [-0.3, -0.25) is 4.90 Å². The van der Waals surface area contributed by atoms with Gasteiger partial charge in [0.05, 0.1) is 6.54 Å². The number of piperidine rings is 1. The van der Waals surface area contributed by atoms with Crippen LogP contribution in [0.5, 0.6) is 0 Å². The molecule has 5 nitrogen and oxygen atoms in total. The SMILES string of the molecule is Fc1ccccc1-c1ccccc1CN1CCC[C@@H](c2nnc3n2CCNC3)C1. The van der Waals surface area contributed by atoms with Crippen molar-refractivity contribution in [2.24, 2.45) is 0 Å². The molecule has 6 heteroatoms. The summed E-state index contributed by atoms with van der Waals surface area (Å²) < 4.78 is 16.7. The Morgan fingerprint density at radius 3 is 2.72 bits per heavy atom. The Hall–Kier alpha value is -2.57. The van der Waals surface area contributed by atoms with Crippen molar-refractivity contribution in [1.82, 2.24) is 25.0 Å². The van der Waals surface area contributed by atoms with E-state index in [4.69, 9.17) is 0 Å². The molecular formula is C23H26FN5. The molecule has 1 N–H and O–H groups in total. The average Bonchev–Trinajstić information content (AvgIpc) is 3.19. The van der Waals surface area contributed by atoms with E-state index in [1.165, 1.54) is 11.6 Å². The first-order chi connectivity index (χ1) is 14.3. The molecule has 1 fully saturated rings. The van der Waals surface area contributed by atoms with Crippen LogP contribution in [0.3, 0.4) is 0 Å². The zero-order valence-electron chi connectivity index (χ0n) is 16.5. The van der Waals surface area contributed by atoms with E-state index in [9.17, 15) is 4.39 Å². The monoisotopic (exact) mass is 391 g/mol. The molecule has 29 heavy (non-hydrogen) atoms. The zero-order valence-corrected chi connectivity index (χ0v) is 16.5. The fraction of sp³-hybridized carbons (Fsp3) is 0.391. The molecule has 3 aromatic rings. The van der Waals surface area contributed by atoms with Crippen molar-refractivity contribution in [3.63, 3.8) is 0 Å². The average molecular weight is 391 g/mol. The van der Waals surface area contributed by atoms with Gasteiger partial charge in [0.1, 0.15) is 17.5 Å². The minimum absolute atomic E-state index is 0.167. The van der Waals surface area contributed by atoms with E-state index in [2.05, 4.69) is 31.0 Å². The molecule has 5 rings (SSSR count). The molecule has 2 aliphatic heterocycles. The van der Waals surface area contributed by atoms with Gasteiger partial charge in [-0.2, -0.15) is 0 Å². The zero-order chi connectivity index (χ0) is 19.6. The molecule has 2 aromatic carbocycles. The Labute approximate surface area is 170 Å². The number of halogens is 1. The van der Waals surface area contributed by atoms with E-state index in [1.807, 2.05) is 30.3 Å². The smallest absolute Gasteiger partial charge is 0.147 e. The van der Waals surface area contributed by atoms with Crippen LogP contribution in [-0.2, 0) is 19.6 Å². The minimum Gasteiger partial charge on any atom is -0.312 e. The summed E-state index contributed by atoms with van der Waals surface area (Å²) in [6, 6.07) is 15.2. The lowest BCUT2D eigenvalue weighted by Crippen LogP contribution is -2.36. The predicted octanol–water partition coefficient (Wildman–Crippen LogP) is 3.57. The standard InChI is InChI=1S/C23H26FN5/c24-21-10-4-3-9-20(21)19-8-2-1-6-17(19)15-28-12-5-7-18(16-28)23-27-26-22-14-25-11-13-29(22)23/h1-4,6,8-10,18,25H,5,7,11-16H2/t18-/m1/s1. The Bertz CT molecular complexity index is 998. The summed E-state index contributed by atoms with van der Waals surface area (Å²) in [5.74, 6) is 2.42. The largest absolute Gasteiger partial charge is 0.312 e. The van der Waals surface area contributed by atoms with E-state index < -0.39 is 0 Å². The molecule has 1 aromatic heterocycles. The summed E-state index contributed by atoms with van der Waals surface area (Å²) in [4.78, 5) is 2.48. The van der Waals surface area contributed by atoms with Crippen LogP contribution in [0.4, 0.5) is 4.39 Å². The van der Waals surface area contributed by atoms with Crippen LogP contribution >= 0.6 is 0 Å². The Balaban J connectivity index is 1.37. The van der Waals surface area contributed by atoms with Gasteiger partial charge in [0.15, 0.2) is 0 Å². The molecule has 3 heterocycles. The third-order valence-corrected chi connectivity index (χ3v) is 6.10. The lowest BCUT2D eigenvalue weighted by atomic mass is 9.94. The minimum atomic E-state index is -0.167. The number of fused-ring (bicyclic) bond motifs is 1. The van der Waals surface area contributed by atoms with E-state index >= 15 is 0 Å². The number of hydrogen-bond acceptors (Lipinski definition) is 4. The summed E-state index contributed by atoms with van der Waals surface area (Å²) in [6.07, 6.45) is 2.30.